The molecule has 20 heavy (non-hydrogen) atoms. The molecule has 0 aliphatic carbocycles. The van der Waals surface area contributed by atoms with Gasteiger partial charge in [0.25, 0.3) is 0 Å². The summed E-state index contributed by atoms with van der Waals surface area (Å²) in [5, 5.41) is 3.68. The zero-order valence-electron chi connectivity index (χ0n) is 11.0. The molecule has 106 valence electrons. The summed E-state index contributed by atoms with van der Waals surface area (Å²) >= 11 is 0. The fourth-order valence-corrected chi connectivity index (χ4v) is 4.04. The molecule has 5 nitrogen and oxygen atoms in total. The van der Waals surface area contributed by atoms with Crippen molar-refractivity contribution in [2.75, 3.05) is 17.8 Å². The van der Waals surface area contributed by atoms with Crippen molar-refractivity contribution in [3.05, 3.63) is 36.5 Å². The summed E-state index contributed by atoms with van der Waals surface area (Å²) in [7, 11) is -3.35. The Balaban J connectivity index is 1.92. The van der Waals surface area contributed by atoms with Gasteiger partial charge in [-0.15, -0.1) is 0 Å². The van der Waals surface area contributed by atoms with Crippen molar-refractivity contribution in [1.29, 1.82) is 0 Å². The van der Waals surface area contributed by atoms with Crippen LogP contribution < -0.4 is 10.0 Å². The smallest absolute Gasteiger partial charge is 0.235 e. The van der Waals surface area contributed by atoms with Crippen LogP contribution in [-0.4, -0.2) is 31.7 Å². The minimum absolute atomic E-state index is 0.323. The number of hydrogen-bond donors (Lipinski definition) is 2. The Kier molecular flexibility index (Phi) is 3.58. The van der Waals surface area contributed by atoms with Crippen LogP contribution in [0.15, 0.2) is 36.5 Å². The molecule has 0 bridgehead atoms. The van der Waals surface area contributed by atoms with Gasteiger partial charge in [0.15, 0.2) is 0 Å². The number of rotatable bonds is 3. The predicted octanol–water partition coefficient (Wildman–Crippen LogP) is 1.73. The zero-order valence-corrected chi connectivity index (χ0v) is 11.9. The number of hydrogen-bond acceptors (Lipinski definition) is 4. The van der Waals surface area contributed by atoms with E-state index in [0.717, 1.165) is 24.0 Å². The number of nitrogens with one attached hydrogen (secondary N) is 2. The number of aromatic nitrogens is 1. The van der Waals surface area contributed by atoms with Crippen molar-refractivity contribution in [3.63, 3.8) is 0 Å². The van der Waals surface area contributed by atoms with E-state index in [-0.39, 0.29) is 5.25 Å². The number of piperidine rings is 1. The van der Waals surface area contributed by atoms with Gasteiger partial charge in [-0.05, 0) is 50.2 Å². The number of benzene rings is 1. The van der Waals surface area contributed by atoms with Crippen LogP contribution in [0.5, 0.6) is 0 Å². The average molecular weight is 291 g/mol. The molecule has 2 N–H and O–H groups in total. The van der Waals surface area contributed by atoms with Crippen LogP contribution in [0.25, 0.3) is 10.9 Å². The number of nitrogens with zero attached hydrogens (tertiary/aromatic N) is 1. The van der Waals surface area contributed by atoms with Crippen LogP contribution in [0.1, 0.15) is 12.8 Å². The van der Waals surface area contributed by atoms with Crippen LogP contribution in [0, 0.1) is 0 Å². The maximum Gasteiger partial charge on any atom is 0.235 e. The Hall–Kier alpha value is -1.66. The third kappa shape index (κ3) is 2.62. The highest BCUT2D eigenvalue weighted by Gasteiger charge is 2.27. The number of pyridine rings is 1. The van der Waals surface area contributed by atoms with Crippen LogP contribution in [0.4, 0.5) is 5.69 Å². The van der Waals surface area contributed by atoms with Gasteiger partial charge in [0.2, 0.25) is 10.0 Å². The molecule has 1 aromatic carbocycles. The van der Waals surface area contributed by atoms with Gasteiger partial charge in [0, 0.05) is 11.6 Å². The summed E-state index contributed by atoms with van der Waals surface area (Å²) in [6.45, 7) is 1.51. The highest BCUT2D eigenvalue weighted by atomic mass is 32.2. The van der Waals surface area contributed by atoms with Crippen molar-refractivity contribution in [2.24, 2.45) is 0 Å². The number of sulfonamides is 1. The van der Waals surface area contributed by atoms with E-state index < -0.39 is 10.0 Å². The highest BCUT2D eigenvalue weighted by Crippen LogP contribution is 2.24. The van der Waals surface area contributed by atoms with E-state index in [9.17, 15) is 8.42 Å². The van der Waals surface area contributed by atoms with Crippen LogP contribution in [-0.2, 0) is 10.0 Å². The lowest BCUT2D eigenvalue weighted by Crippen LogP contribution is -2.38. The standard InChI is InChI=1S/C14H17N3O2S/c18-20(19,11-6-9-15-10-7-11)17-14-5-1-4-13-12(14)3-2-8-16-13/h1-5,8,11,15,17H,6-7,9-10H2. The summed E-state index contributed by atoms with van der Waals surface area (Å²) in [4.78, 5) is 4.24. The third-order valence-corrected chi connectivity index (χ3v) is 5.48. The second kappa shape index (κ2) is 5.38. The lowest BCUT2D eigenvalue weighted by Gasteiger charge is -2.23. The first-order valence-corrected chi connectivity index (χ1v) is 8.27. The molecule has 1 aromatic heterocycles. The molecule has 0 unspecified atom stereocenters. The van der Waals surface area contributed by atoms with Gasteiger partial charge in [-0.25, -0.2) is 8.42 Å². The maximum absolute atomic E-state index is 12.4. The lowest BCUT2D eigenvalue weighted by atomic mass is 10.2. The first kappa shape index (κ1) is 13.3. The predicted molar refractivity (Wildman–Crippen MR) is 80.2 cm³/mol. The largest absolute Gasteiger partial charge is 0.317 e. The molecule has 0 radical (unpaired) electrons. The van der Waals surface area contributed by atoms with Crippen molar-refractivity contribution in [2.45, 2.75) is 18.1 Å². The highest BCUT2D eigenvalue weighted by molar-refractivity contribution is 7.93. The molecule has 1 aliphatic heterocycles. The normalized spacial score (nSPS) is 17.2. The second-order valence-corrected chi connectivity index (χ2v) is 6.93. The van der Waals surface area contributed by atoms with Gasteiger partial charge in [-0.3, -0.25) is 9.71 Å². The van der Waals surface area contributed by atoms with Crippen molar-refractivity contribution in [3.8, 4) is 0 Å². The van der Waals surface area contributed by atoms with Gasteiger partial charge in [-0.1, -0.05) is 6.07 Å². The molecule has 0 saturated carbocycles. The fourth-order valence-electron chi connectivity index (χ4n) is 2.53. The van der Waals surface area contributed by atoms with E-state index in [2.05, 4.69) is 15.0 Å². The Morgan fingerprint density at radius 3 is 2.75 bits per heavy atom. The molecule has 1 saturated heterocycles. The molecule has 2 aromatic rings. The summed E-state index contributed by atoms with van der Waals surface area (Å²) in [6, 6.07) is 9.16. The van der Waals surface area contributed by atoms with Crippen molar-refractivity contribution < 1.29 is 8.42 Å². The fraction of sp³-hybridized carbons (Fsp3) is 0.357. The summed E-state index contributed by atoms with van der Waals surface area (Å²) in [6.07, 6.45) is 3.00. The summed E-state index contributed by atoms with van der Waals surface area (Å²) in [5.74, 6) is 0. The minimum atomic E-state index is -3.35. The molecule has 0 amide bonds. The van der Waals surface area contributed by atoms with Gasteiger partial charge in [0.1, 0.15) is 0 Å². The molecular formula is C14H17N3O2S. The van der Waals surface area contributed by atoms with E-state index in [0.29, 0.717) is 18.5 Å². The van der Waals surface area contributed by atoms with Gasteiger partial charge in [0.05, 0.1) is 16.5 Å². The van der Waals surface area contributed by atoms with Crippen molar-refractivity contribution in [1.82, 2.24) is 10.3 Å². The Morgan fingerprint density at radius 2 is 1.95 bits per heavy atom. The Bertz CT molecular complexity index is 704. The molecule has 2 heterocycles. The molecular weight excluding hydrogens is 274 g/mol. The first-order valence-electron chi connectivity index (χ1n) is 6.73. The van der Waals surface area contributed by atoms with E-state index in [1.807, 2.05) is 24.3 Å². The SMILES string of the molecule is O=S(=O)(Nc1cccc2ncccc12)C1CCNCC1. The van der Waals surface area contributed by atoms with E-state index in [4.69, 9.17) is 0 Å². The van der Waals surface area contributed by atoms with Gasteiger partial charge in [-0.2, -0.15) is 0 Å². The van der Waals surface area contributed by atoms with Gasteiger partial charge < -0.3 is 5.32 Å². The van der Waals surface area contributed by atoms with E-state index >= 15 is 0 Å². The summed E-state index contributed by atoms with van der Waals surface area (Å²) in [5.41, 5.74) is 1.40. The molecule has 1 aliphatic rings. The topological polar surface area (TPSA) is 71.1 Å². The Labute approximate surface area is 118 Å². The van der Waals surface area contributed by atoms with Gasteiger partial charge >= 0.3 is 0 Å². The zero-order chi connectivity index (χ0) is 14.0. The first-order chi connectivity index (χ1) is 9.67. The molecule has 3 rings (SSSR count). The molecule has 0 spiro atoms. The van der Waals surface area contributed by atoms with Crippen LogP contribution in [0.2, 0.25) is 0 Å². The van der Waals surface area contributed by atoms with Crippen LogP contribution in [0.3, 0.4) is 0 Å². The average Bonchev–Trinajstić information content (AvgIpc) is 2.48. The number of fused-ring (bicyclic) bond motifs is 1. The molecule has 1 fully saturated rings. The maximum atomic E-state index is 12.4. The van der Waals surface area contributed by atoms with E-state index in [1.165, 1.54) is 0 Å². The summed E-state index contributed by atoms with van der Waals surface area (Å²) < 4.78 is 27.6. The molecule has 6 heteroatoms. The quantitative estimate of drug-likeness (QED) is 0.903. The number of anilines is 1. The molecule has 0 atom stereocenters. The van der Waals surface area contributed by atoms with Crippen LogP contribution >= 0.6 is 0 Å². The third-order valence-electron chi connectivity index (χ3n) is 3.62. The monoisotopic (exact) mass is 291 g/mol. The Morgan fingerprint density at radius 1 is 1.15 bits per heavy atom. The van der Waals surface area contributed by atoms with E-state index in [1.54, 1.807) is 12.3 Å². The lowest BCUT2D eigenvalue weighted by molar-refractivity contribution is 0.499. The van der Waals surface area contributed by atoms with Crippen molar-refractivity contribution >= 4 is 26.6 Å². The minimum Gasteiger partial charge on any atom is -0.317 e. The second-order valence-electron chi connectivity index (χ2n) is 4.97.